The van der Waals surface area contributed by atoms with Gasteiger partial charge < -0.3 is 14.6 Å². The van der Waals surface area contributed by atoms with Crippen LogP contribution in [0.4, 0.5) is 0 Å². The maximum Gasteiger partial charge on any atom is 0.337 e. The molecule has 0 unspecified atom stereocenters. The van der Waals surface area contributed by atoms with Crippen LogP contribution < -0.4 is 5.32 Å². The van der Waals surface area contributed by atoms with Crippen LogP contribution in [-0.2, 0) is 17.7 Å². The smallest absolute Gasteiger partial charge is 0.337 e. The number of methoxy groups -OCH3 is 1. The van der Waals surface area contributed by atoms with Crippen LogP contribution in [0.3, 0.4) is 0 Å². The first-order chi connectivity index (χ1) is 13.1. The zero-order chi connectivity index (χ0) is 19.2. The van der Waals surface area contributed by atoms with Crippen LogP contribution in [0, 0.1) is 0 Å². The highest BCUT2D eigenvalue weighted by atomic mass is 35.5. The molecule has 0 saturated heterocycles. The molecule has 2 heterocycles. The fraction of sp³-hybridized carbons (Fsp3) is 0.167. The van der Waals surface area contributed by atoms with Crippen molar-refractivity contribution in [2.45, 2.75) is 13.0 Å². The van der Waals surface area contributed by atoms with Gasteiger partial charge in [-0.3, -0.25) is 9.78 Å². The van der Waals surface area contributed by atoms with Crippen molar-refractivity contribution in [2.24, 2.45) is 0 Å². The lowest BCUT2D eigenvalue weighted by atomic mass is 10.1. The lowest BCUT2D eigenvalue weighted by Gasteiger charge is -2.04. The second-order valence-corrected chi connectivity index (χ2v) is 5.94. The van der Waals surface area contributed by atoms with Crippen molar-refractivity contribution in [1.29, 1.82) is 0 Å². The number of benzene rings is 1. The van der Waals surface area contributed by atoms with Crippen molar-refractivity contribution >= 4 is 23.5 Å². The van der Waals surface area contributed by atoms with Gasteiger partial charge >= 0.3 is 17.8 Å². The van der Waals surface area contributed by atoms with Crippen LogP contribution in [0.25, 0.3) is 0 Å². The van der Waals surface area contributed by atoms with E-state index in [4.69, 9.17) is 20.9 Å². The van der Waals surface area contributed by atoms with Gasteiger partial charge in [-0.1, -0.05) is 16.8 Å². The van der Waals surface area contributed by atoms with E-state index in [1.165, 1.54) is 7.11 Å². The summed E-state index contributed by atoms with van der Waals surface area (Å²) in [5.41, 5.74) is 1.87. The molecule has 0 aliphatic heterocycles. The van der Waals surface area contributed by atoms with Crippen molar-refractivity contribution in [1.82, 2.24) is 20.4 Å². The van der Waals surface area contributed by atoms with Gasteiger partial charge in [-0.2, -0.15) is 4.98 Å². The molecular weight excluding hydrogens is 372 g/mol. The molecule has 138 valence electrons. The Balaban J connectivity index is 1.67. The van der Waals surface area contributed by atoms with E-state index in [1.807, 2.05) is 0 Å². The van der Waals surface area contributed by atoms with E-state index in [-0.39, 0.29) is 18.1 Å². The zero-order valence-corrected chi connectivity index (χ0v) is 15.1. The number of esters is 1. The molecule has 1 aromatic carbocycles. The Kier molecular flexibility index (Phi) is 5.77. The third kappa shape index (κ3) is 4.68. The predicted octanol–water partition coefficient (Wildman–Crippen LogP) is 2.43. The van der Waals surface area contributed by atoms with Gasteiger partial charge in [0, 0.05) is 30.4 Å². The molecule has 2 aromatic heterocycles. The minimum atomic E-state index is -0.486. The molecule has 0 fully saturated rings. The van der Waals surface area contributed by atoms with Gasteiger partial charge in [-0.05, 0) is 41.5 Å². The number of amides is 1. The number of carbonyl (C=O) groups is 2. The Morgan fingerprint density at radius 1 is 1.22 bits per heavy atom. The number of hydrogen-bond acceptors (Lipinski definition) is 7. The lowest BCUT2D eigenvalue weighted by molar-refractivity contribution is 0.0600. The van der Waals surface area contributed by atoms with E-state index in [0.717, 1.165) is 5.56 Å². The molecule has 0 aliphatic rings. The summed E-state index contributed by atoms with van der Waals surface area (Å²) in [4.78, 5) is 31.7. The number of ether oxygens (including phenoxy) is 1. The lowest BCUT2D eigenvalue weighted by Crippen LogP contribution is -2.23. The Bertz CT molecular complexity index is 959. The van der Waals surface area contributed by atoms with E-state index in [0.29, 0.717) is 22.7 Å². The summed E-state index contributed by atoms with van der Waals surface area (Å²) in [7, 11) is 1.30. The Hall–Kier alpha value is -3.26. The first-order valence-corrected chi connectivity index (χ1v) is 8.31. The number of nitrogens with one attached hydrogen (secondary N) is 1. The normalized spacial score (nSPS) is 10.4. The molecular formula is C18H15ClN4O4. The number of nitrogens with zero attached hydrogens (tertiary/aromatic N) is 3. The summed E-state index contributed by atoms with van der Waals surface area (Å²) >= 11 is 6.16. The first-order valence-electron chi connectivity index (χ1n) is 7.93. The number of hydrogen-bond donors (Lipinski definition) is 1. The molecule has 1 amide bonds. The van der Waals surface area contributed by atoms with Gasteiger partial charge in [0.1, 0.15) is 0 Å². The second kappa shape index (κ2) is 8.41. The minimum absolute atomic E-state index is 0.153. The number of rotatable bonds is 6. The van der Waals surface area contributed by atoms with Crippen LogP contribution in [0.5, 0.6) is 0 Å². The highest BCUT2D eigenvalue weighted by molar-refractivity contribution is 6.31. The van der Waals surface area contributed by atoms with E-state index >= 15 is 0 Å². The number of halogens is 1. The molecule has 9 heteroatoms. The summed E-state index contributed by atoms with van der Waals surface area (Å²) in [6.45, 7) is 0.312. The third-order valence-electron chi connectivity index (χ3n) is 3.68. The van der Waals surface area contributed by atoms with Gasteiger partial charge in [0.15, 0.2) is 5.82 Å². The topological polar surface area (TPSA) is 107 Å². The maximum atomic E-state index is 12.1. The molecule has 0 atom stereocenters. The standard InChI is InChI=1S/C18H15ClN4O4/c1-26-18(25)12-2-3-14(19)13(8-12)9-15-22-17(27-23-15)16(24)21-10-11-4-6-20-7-5-11/h2-8H,9-10H2,1H3,(H,21,24). The van der Waals surface area contributed by atoms with E-state index in [2.05, 4.69) is 20.4 Å². The molecule has 3 aromatic rings. The summed E-state index contributed by atoms with van der Waals surface area (Å²) in [5, 5.41) is 6.92. The van der Waals surface area contributed by atoms with Crippen LogP contribution in [0.2, 0.25) is 5.02 Å². The predicted molar refractivity (Wildman–Crippen MR) is 95.3 cm³/mol. The fourth-order valence-electron chi connectivity index (χ4n) is 2.30. The average molecular weight is 387 g/mol. The van der Waals surface area contributed by atoms with Gasteiger partial charge in [0.2, 0.25) is 0 Å². The second-order valence-electron chi connectivity index (χ2n) is 5.53. The Morgan fingerprint density at radius 2 is 2.00 bits per heavy atom. The van der Waals surface area contributed by atoms with Crippen LogP contribution in [0.1, 0.15) is 38.0 Å². The summed E-state index contributed by atoms with van der Waals surface area (Å²) in [5.74, 6) is -0.843. The van der Waals surface area contributed by atoms with Gasteiger partial charge in [-0.25, -0.2) is 4.79 Å². The number of carbonyl (C=O) groups excluding carboxylic acids is 2. The maximum absolute atomic E-state index is 12.1. The van der Waals surface area contributed by atoms with E-state index in [1.54, 1.807) is 42.7 Å². The molecule has 3 rings (SSSR count). The van der Waals surface area contributed by atoms with Crippen LogP contribution >= 0.6 is 11.6 Å². The summed E-state index contributed by atoms with van der Waals surface area (Å²) < 4.78 is 9.70. The highest BCUT2D eigenvalue weighted by Crippen LogP contribution is 2.20. The molecule has 0 saturated carbocycles. The first kappa shape index (κ1) is 18.5. The fourth-order valence-corrected chi connectivity index (χ4v) is 2.49. The third-order valence-corrected chi connectivity index (χ3v) is 4.05. The molecule has 0 radical (unpaired) electrons. The van der Waals surface area contributed by atoms with Gasteiger partial charge in [0.05, 0.1) is 12.7 Å². The van der Waals surface area contributed by atoms with Crippen LogP contribution in [-0.4, -0.2) is 34.1 Å². The average Bonchev–Trinajstić information content (AvgIpc) is 3.16. The molecule has 1 N–H and O–H groups in total. The SMILES string of the molecule is COC(=O)c1ccc(Cl)c(Cc2noc(C(=O)NCc3ccncc3)n2)c1. The van der Waals surface area contributed by atoms with Crippen molar-refractivity contribution in [3.8, 4) is 0 Å². The van der Waals surface area contributed by atoms with Crippen molar-refractivity contribution in [3.63, 3.8) is 0 Å². The summed E-state index contributed by atoms with van der Waals surface area (Å²) in [6, 6.07) is 8.32. The van der Waals surface area contributed by atoms with Gasteiger partial charge in [0.25, 0.3) is 0 Å². The van der Waals surface area contributed by atoms with Crippen molar-refractivity contribution in [3.05, 3.63) is 76.2 Å². The van der Waals surface area contributed by atoms with Crippen molar-refractivity contribution in [2.75, 3.05) is 7.11 Å². The van der Waals surface area contributed by atoms with E-state index in [9.17, 15) is 9.59 Å². The minimum Gasteiger partial charge on any atom is -0.465 e. The molecule has 27 heavy (non-hydrogen) atoms. The molecule has 8 nitrogen and oxygen atoms in total. The highest BCUT2D eigenvalue weighted by Gasteiger charge is 2.17. The summed E-state index contributed by atoms with van der Waals surface area (Å²) in [6.07, 6.45) is 3.47. The number of aromatic nitrogens is 3. The Labute approximate surface area is 159 Å². The van der Waals surface area contributed by atoms with E-state index < -0.39 is 11.9 Å². The van der Waals surface area contributed by atoms with Crippen molar-refractivity contribution < 1.29 is 18.8 Å². The zero-order valence-electron chi connectivity index (χ0n) is 14.3. The molecule has 0 bridgehead atoms. The van der Waals surface area contributed by atoms with Crippen LogP contribution in [0.15, 0.2) is 47.2 Å². The quantitative estimate of drug-likeness (QED) is 0.648. The number of pyridine rings is 1. The van der Waals surface area contributed by atoms with Gasteiger partial charge in [-0.15, -0.1) is 0 Å². The Morgan fingerprint density at radius 3 is 2.74 bits per heavy atom. The molecule has 0 aliphatic carbocycles. The monoisotopic (exact) mass is 386 g/mol. The molecule has 0 spiro atoms. The largest absolute Gasteiger partial charge is 0.465 e.